The Morgan fingerprint density at radius 1 is 0.800 bits per heavy atom. The smallest absolute Gasteiger partial charge is 0.294 e. The molecule has 5 nitrogen and oxygen atoms in total. The van der Waals surface area contributed by atoms with Gasteiger partial charge in [0.2, 0.25) is 0 Å². The maximum atomic E-state index is 13.4. The lowest BCUT2D eigenvalue weighted by Gasteiger charge is -2.28. The van der Waals surface area contributed by atoms with Crippen LogP contribution in [0, 0.1) is 0 Å². The third-order valence-electron chi connectivity index (χ3n) is 5.55. The molecule has 1 fully saturated rings. The van der Waals surface area contributed by atoms with Crippen LogP contribution < -0.4 is 10.5 Å². The third-order valence-corrected chi connectivity index (χ3v) is 5.55. The van der Waals surface area contributed by atoms with Crippen molar-refractivity contribution in [3.63, 3.8) is 0 Å². The highest BCUT2D eigenvalue weighted by Crippen LogP contribution is 2.21. The van der Waals surface area contributed by atoms with Gasteiger partial charge in [0.05, 0.1) is 30.8 Å². The molecule has 1 aromatic heterocycles. The Bertz CT molecular complexity index is 1210. The Balaban J connectivity index is 1.53. The summed E-state index contributed by atoms with van der Waals surface area (Å²) >= 11 is 0. The lowest BCUT2D eigenvalue weighted by Crippen LogP contribution is -2.41. The number of para-hydroxylation sites is 2. The van der Waals surface area contributed by atoms with Crippen molar-refractivity contribution < 1.29 is 4.74 Å². The summed E-state index contributed by atoms with van der Waals surface area (Å²) in [6.45, 7) is 3.12. The summed E-state index contributed by atoms with van der Waals surface area (Å²) in [6.07, 6.45) is 0. The highest BCUT2D eigenvalue weighted by Gasteiger charge is 2.19. The van der Waals surface area contributed by atoms with Crippen molar-refractivity contribution in [2.24, 2.45) is 0 Å². The van der Waals surface area contributed by atoms with Crippen molar-refractivity contribution in [2.75, 3.05) is 31.2 Å². The summed E-state index contributed by atoms with van der Waals surface area (Å²) in [5, 5.41) is 0. The zero-order chi connectivity index (χ0) is 20.3. The van der Waals surface area contributed by atoms with Gasteiger partial charge in [0, 0.05) is 13.1 Å². The van der Waals surface area contributed by atoms with Gasteiger partial charge in [-0.25, -0.2) is 4.98 Å². The fourth-order valence-electron chi connectivity index (χ4n) is 3.93. The molecule has 30 heavy (non-hydrogen) atoms. The Labute approximate surface area is 175 Å². The standard InChI is InChI=1S/C25H23N3O2/c29-25-24(27-14-16-30-17-15-27)26-22-8-4-5-9-23(22)28(25)18-19-10-12-21(13-11-19)20-6-2-1-3-7-20/h1-13H,14-18H2. The molecule has 0 atom stereocenters. The molecule has 2 heterocycles. The van der Waals surface area contributed by atoms with E-state index in [0.29, 0.717) is 38.7 Å². The van der Waals surface area contributed by atoms with Gasteiger partial charge in [-0.1, -0.05) is 66.7 Å². The van der Waals surface area contributed by atoms with E-state index in [9.17, 15) is 4.79 Å². The average Bonchev–Trinajstić information content (AvgIpc) is 2.82. The number of aromatic nitrogens is 2. The number of rotatable bonds is 4. The molecule has 0 unspecified atom stereocenters. The van der Waals surface area contributed by atoms with Crippen LogP contribution >= 0.6 is 0 Å². The highest BCUT2D eigenvalue weighted by molar-refractivity contribution is 5.76. The first kappa shape index (κ1) is 18.6. The Morgan fingerprint density at radius 2 is 1.47 bits per heavy atom. The van der Waals surface area contributed by atoms with Gasteiger partial charge in [-0.05, 0) is 28.8 Å². The number of anilines is 1. The van der Waals surface area contributed by atoms with Crippen molar-refractivity contribution in [1.82, 2.24) is 9.55 Å². The molecule has 4 aromatic rings. The summed E-state index contributed by atoms with van der Waals surface area (Å²) in [6, 6.07) is 26.6. The van der Waals surface area contributed by atoms with Crippen LogP contribution in [0.3, 0.4) is 0 Å². The van der Waals surface area contributed by atoms with Gasteiger partial charge in [0.1, 0.15) is 0 Å². The largest absolute Gasteiger partial charge is 0.378 e. The van der Waals surface area contributed by atoms with Crippen LogP contribution in [-0.2, 0) is 11.3 Å². The predicted molar refractivity (Wildman–Crippen MR) is 120 cm³/mol. The van der Waals surface area contributed by atoms with E-state index < -0.39 is 0 Å². The van der Waals surface area contributed by atoms with Crippen LogP contribution in [0.1, 0.15) is 5.56 Å². The summed E-state index contributed by atoms with van der Waals surface area (Å²) in [7, 11) is 0. The van der Waals surface area contributed by atoms with Gasteiger partial charge in [0.25, 0.3) is 5.56 Å². The van der Waals surface area contributed by atoms with Gasteiger partial charge in [-0.15, -0.1) is 0 Å². The monoisotopic (exact) mass is 397 g/mol. The molecule has 1 aliphatic heterocycles. The summed E-state index contributed by atoms with van der Waals surface area (Å²) in [4.78, 5) is 20.1. The Kier molecular flexibility index (Phi) is 5.03. The second kappa shape index (κ2) is 8.13. The van der Waals surface area contributed by atoms with Gasteiger partial charge in [-0.3, -0.25) is 9.36 Å². The number of hydrogen-bond donors (Lipinski definition) is 0. The van der Waals surface area contributed by atoms with Crippen LogP contribution in [0.5, 0.6) is 0 Å². The number of hydrogen-bond acceptors (Lipinski definition) is 4. The van der Waals surface area contributed by atoms with E-state index in [-0.39, 0.29) is 5.56 Å². The van der Waals surface area contributed by atoms with Crippen molar-refractivity contribution in [3.8, 4) is 11.1 Å². The quantitative estimate of drug-likeness (QED) is 0.523. The number of morpholine rings is 1. The van der Waals surface area contributed by atoms with Crippen LogP contribution in [0.25, 0.3) is 22.2 Å². The molecule has 5 rings (SSSR count). The zero-order valence-electron chi connectivity index (χ0n) is 16.7. The van der Waals surface area contributed by atoms with E-state index in [4.69, 9.17) is 9.72 Å². The molecule has 1 saturated heterocycles. The first-order valence-electron chi connectivity index (χ1n) is 10.3. The molecule has 0 saturated carbocycles. The highest BCUT2D eigenvalue weighted by atomic mass is 16.5. The minimum atomic E-state index is -0.0530. The molecule has 5 heteroatoms. The summed E-state index contributed by atoms with van der Waals surface area (Å²) < 4.78 is 7.28. The average molecular weight is 397 g/mol. The Hall–Kier alpha value is -3.44. The number of fused-ring (bicyclic) bond motifs is 1. The van der Waals surface area contributed by atoms with E-state index >= 15 is 0 Å². The first-order chi connectivity index (χ1) is 14.8. The lowest BCUT2D eigenvalue weighted by atomic mass is 10.0. The minimum absolute atomic E-state index is 0.0530. The molecular formula is C25H23N3O2. The van der Waals surface area contributed by atoms with E-state index in [1.165, 1.54) is 11.1 Å². The van der Waals surface area contributed by atoms with Gasteiger partial charge < -0.3 is 9.64 Å². The van der Waals surface area contributed by atoms with E-state index in [1.54, 1.807) is 0 Å². The van der Waals surface area contributed by atoms with Crippen LogP contribution in [0.15, 0.2) is 83.7 Å². The summed E-state index contributed by atoms with van der Waals surface area (Å²) in [5.74, 6) is 0.512. The van der Waals surface area contributed by atoms with Crippen LogP contribution in [-0.4, -0.2) is 35.9 Å². The normalized spacial score (nSPS) is 14.2. The molecule has 0 amide bonds. The second-order valence-corrected chi connectivity index (χ2v) is 7.48. The van der Waals surface area contributed by atoms with Crippen LogP contribution in [0.4, 0.5) is 5.82 Å². The zero-order valence-corrected chi connectivity index (χ0v) is 16.7. The fourth-order valence-corrected chi connectivity index (χ4v) is 3.93. The second-order valence-electron chi connectivity index (χ2n) is 7.48. The molecule has 0 aliphatic carbocycles. The fraction of sp³-hybridized carbons (Fsp3) is 0.200. The van der Waals surface area contributed by atoms with Crippen molar-refractivity contribution in [3.05, 3.63) is 94.8 Å². The maximum absolute atomic E-state index is 13.4. The van der Waals surface area contributed by atoms with Crippen LogP contribution in [0.2, 0.25) is 0 Å². The number of nitrogens with zero attached hydrogens (tertiary/aromatic N) is 3. The van der Waals surface area contributed by atoms with E-state index in [2.05, 4.69) is 36.4 Å². The topological polar surface area (TPSA) is 47.4 Å². The minimum Gasteiger partial charge on any atom is -0.378 e. The molecule has 0 radical (unpaired) electrons. The van der Waals surface area contributed by atoms with Gasteiger partial charge >= 0.3 is 0 Å². The summed E-state index contributed by atoms with van der Waals surface area (Å²) in [5.41, 5.74) is 5.07. The molecule has 150 valence electrons. The maximum Gasteiger partial charge on any atom is 0.294 e. The lowest BCUT2D eigenvalue weighted by molar-refractivity contribution is 0.122. The molecule has 0 N–H and O–H groups in total. The van der Waals surface area contributed by atoms with Crippen molar-refractivity contribution in [1.29, 1.82) is 0 Å². The molecular weight excluding hydrogens is 374 g/mol. The van der Waals surface area contributed by atoms with Crippen molar-refractivity contribution in [2.45, 2.75) is 6.54 Å². The predicted octanol–water partition coefficient (Wildman–Crippen LogP) is 3.95. The number of benzene rings is 3. The Morgan fingerprint density at radius 3 is 2.23 bits per heavy atom. The molecule has 0 bridgehead atoms. The van der Waals surface area contributed by atoms with Gasteiger partial charge in [-0.2, -0.15) is 0 Å². The first-order valence-corrected chi connectivity index (χ1v) is 10.3. The van der Waals surface area contributed by atoms with Gasteiger partial charge in [0.15, 0.2) is 5.82 Å². The SMILES string of the molecule is O=c1c(N2CCOCC2)nc2ccccc2n1Cc1ccc(-c2ccccc2)cc1. The van der Waals surface area contributed by atoms with E-state index in [0.717, 1.165) is 16.6 Å². The third kappa shape index (κ3) is 3.60. The molecule has 0 spiro atoms. The van der Waals surface area contributed by atoms with Crippen molar-refractivity contribution >= 4 is 16.9 Å². The molecule has 1 aliphatic rings. The number of ether oxygens (including phenoxy) is 1. The molecule has 3 aromatic carbocycles. The van der Waals surface area contributed by atoms with E-state index in [1.807, 2.05) is 51.9 Å².